The molecule has 1 saturated carbocycles. The molecule has 0 spiro atoms. The minimum absolute atomic E-state index is 0.105. The van der Waals surface area contributed by atoms with E-state index in [1.807, 2.05) is 0 Å². The summed E-state index contributed by atoms with van der Waals surface area (Å²) < 4.78 is 5.06. The molecule has 1 saturated heterocycles. The first-order chi connectivity index (χ1) is 10.6. The Bertz CT molecular complexity index is 561. The summed E-state index contributed by atoms with van der Waals surface area (Å²) in [4.78, 5) is 26.9. The molecular weight excluding hydrogens is 302 g/mol. The molecule has 22 heavy (non-hydrogen) atoms. The van der Waals surface area contributed by atoms with E-state index in [9.17, 15) is 9.59 Å². The molecule has 3 rings (SSSR count). The number of hydrogen-bond acceptors (Lipinski definition) is 5. The van der Waals surface area contributed by atoms with Gasteiger partial charge in [-0.2, -0.15) is 0 Å². The number of rotatable bonds is 3. The van der Waals surface area contributed by atoms with Crippen molar-refractivity contribution in [2.24, 2.45) is 5.92 Å². The Morgan fingerprint density at radius 1 is 1.32 bits per heavy atom. The topological polar surface area (TPSA) is 75.4 Å². The summed E-state index contributed by atoms with van der Waals surface area (Å²) in [6, 6.07) is -0.396. The van der Waals surface area contributed by atoms with Crippen LogP contribution in [0.4, 0.5) is 5.69 Å². The van der Waals surface area contributed by atoms with Crippen LogP contribution in [-0.2, 0) is 9.59 Å². The Morgan fingerprint density at radius 2 is 2.05 bits per heavy atom. The van der Waals surface area contributed by atoms with Crippen LogP contribution in [0.5, 0.6) is 0 Å². The largest absolute Gasteiger partial charge is 0.359 e. The van der Waals surface area contributed by atoms with Gasteiger partial charge in [0.1, 0.15) is 17.4 Å². The standard InChI is InChI=1S/C15H21N3O3S/c1-9-13(10(2)21-17-9)16-14(19)12-7-22-8-18(12)15(20)11-5-3-4-6-11/h11-12H,3-8H2,1-2H3,(H,16,19)/t12-/m1/s1. The summed E-state index contributed by atoms with van der Waals surface area (Å²) in [7, 11) is 0. The summed E-state index contributed by atoms with van der Waals surface area (Å²) in [5, 5.41) is 6.71. The van der Waals surface area contributed by atoms with Gasteiger partial charge in [-0.05, 0) is 26.7 Å². The van der Waals surface area contributed by atoms with E-state index < -0.39 is 6.04 Å². The zero-order valence-corrected chi connectivity index (χ0v) is 13.7. The molecule has 120 valence electrons. The van der Waals surface area contributed by atoms with E-state index in [1.54, 1.807) is 30.5 Å². The second-order valence-corrected chi connectivity index (χ2v) is 6.99. The maximum absolute atomic E-state index is 12.6. The maximum atomic E-state index is 12.6. The highest BCUT2D eigenvalue weighted by Gasteiger charge is 2.38. The van der Waals surface area contributed by atoms with E-state index in [4.69, 9.17) is 4.52 Å². The Morgan fingerprint density at radius 3 is 2.68 bits per heavy atom. The fraction of sp³-hybridized carbons (Fsp3) is 0.667. The van der Waals surface area contributed by atoms with Crippen LogP contribution in [0.3, 0.4) is 0 Å². The number of amides is 2. The van der Waals surface area contributed by atoms with Crippen molar-refractivity contribution >= 4 is 29.3 Å². The van der Waals surface area contributed by atoms with Gasteiger partial charge in [-0.25, -0.2) is 0 Å². The lowest BCUT2D eigenvalue weighted by Gasteiger charge is -2.25. The summed E-state index contributed by atoms with van der Waals surface area (Å²) in [6.45, 7) is 3.55. The molecule has 1 aromatic heterocycles. The van der Waals surface area contributed by atoms with Crippen LogP contribution in [-0.4, -0.2) is 39.5 Å². The quantitative estimate of drug-likeness (QED) is 0.924. The molecule has 2 heterocycles. The first-order valence-electron chi connectivity index (χ1n) is 7.70. The van der Waals surface area contributed by atoms with E-state index in [0.29, 0.717) is 28.8 Å². The number of aromatic nitrogens is 1. The zero-order chi connectivity index (χ0) is 15.7. The van der Waals surface area contributed by atoms with Crippen molar-refractivity contribution in [1.82, 2.24) is 10.1 Å². The number of thioether (sulfide) groups is 1. The van der Waals surface area contributed by atoms with Crippen LogP contribution in [0, 0.1) is 19.8 Å². The second-order valence-electron chi connectivity index (χ2n) is 5.99. The van der Waals surface area contributed by atoms with Gasteiger partial charge in [-0.15, -0.1) is 11.8 Å². The Kier molecular flexibility index (Phi) is 4.42. The van der Waals surface area contributed by atoms with E-state index in [1.165, 1.54) is 0 Å². The fourth-order valence-corrected chi connectivity index (χ4v) is 4.32. The summed E-state index contributed by atoms with van der Waals surface area (Å²) in [6.07, 6.45) is 4.15. The normalized spacial score (nSPS) is 22.3. The first kappa shape index (κ1) is 15.4. The fourth-order valence-electron chi connectivity index (χ4n) is 3.15. The predicted molar refractivity (Wildman–Crippen MR) is 84.5 cm³/mol. The molecule has 2 fully saturated rings. The van der Waals surface area contributed by atoms with Gasteiger partial charge in [0.15, 0.2) is 5.76 Å². The number of nitrogens with one attached hydrogen (secondary N) is 1. The summed E-state index contributed by atoms with van der Waals surface area (Å²) >= 11 is 1.63. The van der Waals surface area contributed by atoms with E-state index in [0.717, 1.165) is 25.7 Å². The van der Waals surface area contributed by atoms with Crippen molar-refractivity contribution in [3.8, 4) is 0 Å². The maximum Gasteiger partial charge on any atom is 0.248 e. The Hall–Kier alpha value is -1.50. The first-order valence-corrected chi connectivity index (χ1v) is 8.85. The highest BCUT2D eigenvalue weighted by Crippen LogP contribution is 2.31. The number of carbonyl (C=O) groups is 2. The van der Waals surface area contributed by atoms with Crippen molar-refractivity contribution in [3.63, 3.8) is 0 Å². The summed E-state index contributed by atoms with van der Waals surface area (Å²) in [5.41, 5.74) is 1.28. The van der Waals surface area contributed by atoms with Gasteiger partial charge in [0.05, 0.1) is 5.88 Å². The monoisotopic (exact) mass is 323 g/mol. The van der Waals surface area contributed by atoms with Crippen LogP contribution in [0.1, 0.15) is 37.1 Å². The summed E-state index contributed by atoms with van der Waals surface area (Å²) in [5.74, 6) is 1.94. The van der Waals surface area contributed by atoms with Gasteiger partial charge < -0.3 is 14.7 Å². The molecule has 1 aliphatic heterocycles. The highest BCUT2D eigenvalue weighted by atomic mass is 32.2. The zero-order valence-electron chi connectivity index (χ0n) is 12.9. The third-order valence-corrected chi connectivity index (χ3v) is 5.47. The van der Waals surface area contributed by atoms with Crippen LogP contribution in [0.15, 0.2) is 4.52 Å². The number of nitrogens with zero attached hydrogens (tertiary/aromatic N) is 2. The number of carbonyl (C=O) groups excluding carboxylic acids is 2. The average molecular weight is 323 g/mol. The van der Waals surface area contributed by atoms with Gasteiger partial charge in [0.2, 0.25) is 11.8 Å². The van der Waals surface area contributed by atoms with Crippen LogP contribution in [0.25, 0.3) is 0 Å². The lowest BCUT2D eigenvalue weighted by atomic mass is 10.1. The van der Waals surface area contributed by atoms with E-state index in [2.05, 4.69) is 10.5 Å². The predicted octanol–water partition coefficient (Wildman–Crippen LogP) is 2.32. The van der Waals surface area contributed by atoms with Crippen molar-refractivity contribution in [2.75, 3.05) is 16.9 Å². The molecule has 0 radical (unpaired) electrons. The number of aryl methyl sites for hydroxylation is 2. The van der Waals surface area contributed by atoms with Crippen molar-refractivity contribution < 1.29 is 14.1 Å². The molecule has 0 aromatic carbocycles. The smallest absolute Gasteiger partial charge is 0.248 e. The van der Waals surface area contributed by atoms with Crippen molar-refractivity contribution in [3.05, 3.63) is 11.5 Å². The highest BCUT2D eigenvalue weighted by molar-refractivity contribution is 7.99. The van der Waals surface area contributed by atoms with E-state index in [-0.39, 0.29) is 17.7 Å². The van der Waals surface area contributed by atoms with Gasteiger partial charge in [0, 0.05) is 11.7 Å². The van der Waals surface area contributed by atoms with Gasteiger partial charge in [-0.1, -0.05) is 18.0 Å². The SMILES string of the molecule is Cc1noc(C)c1NC(=O)[C@H]1CSCN1C(=O)C1CCCC1. The molecule has 6 nitrogen and oxygen atoms in total. The molecule has 0 unspecified atom stereocenters. The number of anilines is 1. The lowest BCUT2D eigenvalue weighted by Crippen LogP contribution is -2.46. The van der Waals surface area contributed by atoms with Gasteiger partial charge in [-0.3, -0.25) is 9.59 Å². The molecule has 1 N–H and O–H groups in total. The van der Waals surface area contributed by atoms with Crippen LogP contribution >= 0.6 is 11.8 Å². The van der Waals surface area contributed by atoms with Crippen LogP contribution < -0.4 is 5.32 Å². The molecule has 2 amide bonds. The van der Waals surface area contributed by atoms with Crippen LogP contribution in [0.2, 0.25) is 0 Å². The average Bonchev–Trinajstić information content (AvgIpc) is 3.23. The number of hydrogen-bond donors (Lipinski definition) is 1. The minimum Gasteiger partial charge on any atom is -0.359 e. The molecule has 0 bridgehead atoms. The third-order valence-electron chi connectivity index (χ3n) is 4.45. The Labute approximate surface area is 134 Å². The molecular formula is C15H21N3O3S. The Balaban J connectivity index is 1.69. The van der Waals surface area contributed by atoms with E-state index >= 15 is 0 Å². The molecule has 1 aliphatic carbocycles. The van der Waals surface area contributed by atoms with Gasteiger partial charge >= 0.3 is 0 Å². The third kappa shape index (κ3) is 2.86. The second kappa shape index (κ2) is 6.32. The molecule has 1 aromatic rings. The molecule has 7 heteroatoms. The molecule has 2 aliphatic rings. The van der Waals surface area contributed by atoms with Crippen molar-refractivity contribution in [2.45, 2.75) is 45.6 Å². The minimum atomic E-state index is -0.396. The lowest BCUT2D eigenvalue weighted by molar-refractivity contribution is -0.139. The molecule has 1 atom stereocenters. The van der Waals surface area contributed by atoms with Gasteiger partial charge in [0.25, 0.3) is 0 Å². The van der Waals surface area contributed by atoms with Crippen molar-refractivity contribution in [1.29, 1.82) is 0 Å².